The Kier molecular flexibility index (Phi) is 3.44. The van der Waals surface area contributed by atoms with Crippen LogP contribution in [-0.2, 0) is 6.42 Å². The highest BCUT2D eigenvalue weighted by atomic mass is 14.7. The molecule has 0 aromatic heterocycles. The average Bonchev–Trinajstić information content (AvgIpc) is 2.18. The third-order valence-electron chi connectivity index (χ3n) is 2.04. The minimum Gasteiger partial charge on any atom is -0.264 e. The number of aryl methyl sites for hydroxylation is 1. The molecule has 1 heteroatoms. The minimum atomic E-state index is 1.000. The van der Waals surface area contributed by atoms with Gasteiger partial charge in [0.25, 0.3) is 0 Å². The third-order valence-corrected chi connectivity index (χ3v) is 2.04. The Labute approximate surface area is 79.8 Å². The van der Waals surface area contributed by atoms with Gasteiger partial charge in [0, 0.05) is 5.56 Å². The summed E-state index contributed by atoms with van der Waals surface area (Å²) in [5.74, 6) is 0. The van der Waals surface area contributed by atoms with Gasteiger partial charge in [0.05, 0.1) is 5.69 Å². The molecular weight excluding hydrogens is 158 g/mol. The van der Waals surface area contributed by atoms with Gasteiger partial charge in [-0.25, -0.2) is 0 Å². The SMILES string of the molecule is C=Nc1c(/C=C/C)cccc1CC. The van der Waals surface area contributed by atoms with Crippen LogP contribution in [0.5, 0.6) is 0 Å². The molecule has 1 aromatic carbocycles. The first-order valence-corrected chi connectivity index (χ1v) is 4.54. The van der Waals surface area contributed by atoms with Gasteiger partial charge in [-0.1, -0.05) is 37.3 Å². The Bertz CT molecular complexity index is 324. The number of rotatable bonds is 3. The lowest BCUT2D eigenvalue weighted by Gasteiger charge is -2.05. The van der Waals surface area contributed by atoms with E-state index in [9.17, 15) is 0 Å². The molecule has 0 aliphatic heterocycles. The Hall–Kier alpha value is -1.37. The normalized spacial score (nSPS) is 10.6. The molecule has 1 nitrogen and oxygen atoms in total. The quantitative estimate of drug-likeness (QED) is 0.619. The van der Waals surface area contributed by atoms with Gasteiger partial charge in [-0.2, -0.15) is 0 Å². The zero-order chi connectivity index (χ0) is 9.68. The van der Waals surface area contributed by atoms with Crippen LogP contribution in [0.3, 0.4) is 0 Å². The van der Waals surface area contributed by atoms with E-state index in [1.807, 2.05) is 13.0 Å². The average molecular weight is 173 g/mol. The number of para-hydroxylation sites is 1. The Balaban J connectivity index is 3.26. The Morgan fingerprint density at radius 3 is 2.77 bits per heavy atom. The number of benzene rings is 1. The van der Waals surface area contributed by atoms with Crippen LogP contribution in [0.1, 0.15) is 25.0 Å². The molecule has 0 heterocycles. The van der Waals surface area contributed by atoms with Crippen molar-refractivity contribution in [1.29, 1.82) is 0 Å². The monoisotopic (exact) mass is 173 g/mol. The molecule has 0 atom stereocenters. The lowest BCUT2D eigenvalue weighted by Crippen LogP contribution is -1.83. The highest BCUT2D eigenvalue weighted by Crippen LogP contribution is 2.25. The second-order valence-corrected chi connectivity index (χ2v) is 2.87. The highest BCUT2D eigenvalue weighted by molar-refractivity contribution is 5.68. The second-order valence-electron chi connectivity index (χ2n) is 2.87. The fraction of sp³-hybridized carbons (Fsp3) is 0.250. The standard InChI is InChI=1S/C12H15N/c1-4-7-11-9-6-8-10(5-2)12(11)13-3/h4,6-9H,3,5H2,1-2H3/b7-4+. The summed E-state index contributed by atoms with van der Waals surface area (Å²) in [6, 6.07) is 6.21. The predicted octanol–water partition coefficient (Wildman–Crippen LogP) is 3.61. The molecule has 0 saturated carbocycles. The first-order valence-electron chi connectivity index (χ1n) is 4.54. The molecular formula is C12H15N. The van der Waals surface area contributed by atoms with Crippen LogP contribution < -0.4 is 0 Å². The maximum absolute atomic E-state index is 4.06. The van der Waals surface area contributed by atoms with Crippen molar-refractivity contribution in [2.75, 3.05) is 0 Å². The fourth-order valence-electron chi connectivity index (χ4n) is 1.40. The van der Waals surface area contributed by atoms with Crippen molar-refractivity contribution in [2.45, 2.75) is 20.3 Å². The molecule has 0 radical (unpaired) electrons. The summed E-state index contributed by atoms with van der Waals surface area (Å²) in [4.78, 5) is 4.06. The lowest BCUT2D eigenvalue weighted by molar-refractivity contribution is 1.13. The number of aliphatic imine (C=N–C) groups is 1. The number of nitrogens with zero attached hydrogens (tertiary/aromatic N) is 1. The topological polar surface area (TPSA) is 12.4 Å². The van der Waals surface area contributed by atoms with Crippen LogP contribution in [0.15, 0.2) is 29.3 Å². The first-order chi connectivity index (χ1) is 6.33. The van der Waals surface area contributed by atoms with Crippen molar-refractivity contribution in [3.8, 4) is 0 Å². The summed E-state index contributed by atoms with van der Waals surface area (Å²) < 4.78 is 0. The maximum Gasteiger partial charge on any atom is 0.0726 e. The first kappa shape index (κ1) is 9.72. The van der Waals surface area contributed by atoms with Crippen LogP contribution in [0.4, 0.5) is 5.69 Å². The molecule has 1 aromatic rings. The molecule has 0 saturated heterocycles. The smallest absolute Gasteiger partial charge is 0.0726 e. The fourth-order valence-corrected chi connectivity index (χ4v) is 1.40. The van der Waals surface area contributed by atoms with E-state index < -0.39 is 0 Å². The zero-order valence-electron chi connectivity index (χ0n) is 8.25. The Morgan fingerprint density at radius 1 is 1.46 bits per heavy atom. The van der Waals surface area contributed by atoms with Crippen LogP contribution in [0, 0.1) is 0 Å². The Morgan fingerprint density at radius 2 is 2.23 bits per heavy atom. The van der Waals surface area contributed by atoms with Crippen molar-refractivity contribution >= 4 is 18.5 Å². The van der Waals surface area contributed by atoms with E-state index in [1.54, 1.807) is 0 Å². The molecule has 0 unspecified atom stereocenters. The van der Waals surface area contributed by atoms with Gasteiger partial charge in [-0.15, -0.1) is 0 Å². The molecule has 0 aliphatic carbocycles. The lowest BCUT2D eigenvalue weighted by atomic mass is 10.1. The predicted molar refractivity (Wildman–Crippen MR) is 59.7 cm³/mol. The van der Waals surface area contributed by atoms with E-state index in [2.05, 4.69) is 42.9 Å². The summed E-state index contributed by atoms with van der Waals surface area (Å²) in [6.45, 7) is 7.73. The second kappa shape index (κ2) is 4.61. The van der Waals surface area contributed by atoms with Gasteiger partial charge in [-0.3, -0.25) is 4.99 Å². The molecule has 0 spiro atoms. The number of allylic oxidation sites excluding steroid dienone is 1. The van der Waals surface area contributed by atoms with E-state index in [1.165, 1.54) is 5.56 Å². The van der Waals surface area contributed by atoms with Crippen LogP contribution >= 0.6 is 0 Å². The van der Waals surface area contributed by atoms with Gasteiger partial charge in [0.15, 0.2) is 0 Å². The number of hydrogen-bond donors (Lipinski definition) is 0. The van der Waals surface area contributed by atoms with Crippen LogP contribution in [0.25, 0.3) is 6.08 Å². The molecule has 0 bridgehead atoms. The van der Waals surface area contributed by atoms with Gasteiger partial charge in [0.2, 0.25) is 0 Å². The molecule has 0 aliphatic rings. The van der Waals surface area contributed by atoms with E-state index in [0.29, 0.717) is 0 Å². The molecule has 68 valence electrons. The third kappa shape index (κ3) is 2.05. The molecule has 0 fully saturated rings. The summed E-state index contributed by atoms with van der Waals surface area (Å²) in [6.07, 6.45) is 5.08. The van der Waals surface area contributed by atoms with Crippen molar-refractivity contribution < 1.29 is 0 Å². The summed E-state index contributed by atoms with van der Waals surface area (Å²) in [7, 11) is 0. The van der Waals surface area contributed by atoms with Gasteiger partial charge in [0.1, 0.15) is 0 Å². The summed E-state index contributed by atoms with van der Waals surface area (Å²) in [5, 5.41) is 0. The van der Waals surface area contributed by atoms with Crippen molar-refractivity contribution in [1.82, 2.24) is 0 Å². The van der Waals surface area contributed by atoms with E-state index in [4.69, 9.17) is 0 Å². The zero-order valence-corrected chi connectivity index (χ0v) is 8.25. The van der Waals surface area contributed by atoms with E-state index >= 15 is 0 Å². The minimum absolute atomic E-state index is 1.000. The van der Waals surface area contributed by atoms with Crippen molar-refractivity contribution in [2.24, 2.45) is 4.99 Å². The highest BCUT2D eigenvalue weighted by Gasteiger charge is 2.01. The maximum atomic E-state index is 4.06. The molecule has 0 N–H and O–H groups in total. The van der Waals surface area contributed by atoms with Gasteiger partial charge < -0.3 is 0 Å². The molecule has 1 rings (SSSR count). The molecule has 13 heavy (non-hydrogen) atoms. The van der Waals surface area contributed by atoms with Crippen LogP contribution in [-0.4, -0.2) is 6.72 Å². The van der Waals surface area contributed by atoms with Crippen molar-refractivity contribution in [3.05, 3.63) is 35.4 Å². The number of hydrogen-bond acceptors (Lipinski definition) is 1. The molecule has 0 amide bonds. The van der Waals surface area contributed by atoms with Gasteiger partial charge >= 0.3 is 0 Å². The van der Waals surface area contributed by atoms with Crippen LogP contribution in [0.2, 0.25) is 0 Å². The van der Waals surface area contributed by atoms with Gasteiger partial charge in [-0.05, 0) is 25.6 Å². The largest absolute Gasteiger partial charge is 0.264 e. The summed E-state index contributed by atoms with van der Waals surface area (Å²) >= 11 is 0. The van der Waals surface area contributed by atoms with Crippen molar-refractivity contribution in [3.63, 3.8) is 0 Å². The van der Waals surface area contributed by atoms with E-state index in [-0.39, 0.29) is 0 Å². The van der Waals surface area contributed by atoms with E-state index in [0.717, 1.165) is 17.7 Å². The summed E-state index contributed by atoms with van der Waals surface area (Å²) in [5.41, 5.74) is 3.42.